The Hall–Kier alpha value is -1.72. The SMILES string of the molecule is C=COC(=O)OCC1COC(=O)O1. The summed E-state index contributed by atoms with van der Waals surface area (Å²) in [6.07, 6.45) is -1.26. The van der Waals surface area contributed by atoms with Gasteiger partial charge in [-0.15, -0.1) is 0 Å². The Morgan fingerprint density at radius 3 is 3.08 bits per heavy atom. The van der Waals surface area contributed by atoms with E-state index < -0.39 is 18.4 Å². The predicted molar refractivity (Wildman–Crippen MR) is 38.9 cm³/mol. The molecule has 1 rings (SSSR count). The molecule has 72 valence electrons. The molecule has 1 aliphatic heterocycles. The summed E-state index contributed by atoms with van der Waals surface area (Å²) in [4.78, 5) is 21.0. The molecule has 1 heterocycles. The van der Waals surface area contributed by atoms with E-state index in [-0.39, 0.29) is 13.2 Å². The summed E-state index contributed by atoms with van der Waals surface area (Å²) in [6, 6.07) is 0. The Balaban J connectivity index is 2.15. The average molecular weight is 188 g/mol. The van der Waals surface area contributed by atoms with Crippen molar-refractivity contribution in [1.29, 1.82) is 0 Å². The number of rotatable bonds is 3. The van der Waals surface area contributed by atoms with Crippen molar-refractivity contribution in [2.24, 2.45) is 0 Å². The molecule has 0 aromatic heterocycles. The predicted octanol–water partition coefficient (Wildman–Crippen LogP) is 0.819. The molecular weight excluding hydrogens is 180 g/mol. The Bertz CT molecular complexity index is 223. The normalized spacial score (nSPS) is 20.0. The van der Waals surface area contributed by atoms with E-state index in [1.165, 1.54) is 0 Å². The van der Waals surface area contributed by atoms with Gasteiger partial charge in [0.15, 0.2) is 6.10 Å². The number of cyclic esters (lactones) is 2. The number of ether oxygens (including phenoxy) is 4. The second-order valence-electron chi connectivity index (χ2n) is 2.15. The van der Waals surface area contributed by atoms with E-state index >= 15 is 0 Å². The zero-order valence-corrected chi connectivity index (χ0v) is 6.73. The van der Waals surface area contributed by atoms with Crippen molar-refractivity contribution < 1.29 is 28.5 Å². The van der Waals surface area contributed by atoms with Crippen LogP contribution in [0.15, 0.2) is 12.8 Å². The molecule has 6 heteroatoms. The highest BCUT2D eigenvalue weighted by Crippen LogP contribution is 2.06. The molecule has 6 nitrogen and oxygen atoms in total. The van der Waals surface area contributed by atoms with Gasteiger partial charge in [-0.25, -0.2) is 9.59 Å². The van der Waals surface area contributed by atoms with Crippen LogP contribution in [0.25, 0.3) is 0 Å². The molecule has 0 radical (unpaired) electrons. The van der Waals surface area contributed by atoms with Crippen molar-refractivity contribution >= 4 is 12.3 Å². The summed E-state index contributed by atoms with van der Waals surface area (Å²) in [5, 5.41) is 0. The summed E-state index contributed by atoms with van der Waals surface area (Å²) in [5.74, 6) is 0. The van der Waals surface area contributed by atoms with Gasteiger partial charge in [0, 0.05) is 0 Å². The first kappa shape index (κ1) is 9.37. The summed E-state index contributed by atoms with van der Waals surface area (Å²) in [6.45, 7) is 3.16. The molecule has 1 fully saturated rings. The third kappa shape index (κ3) is 3.02. The summed E-state index contributed by atoms with van der Waals surface area (Å²) >= 11 is 0. The maximum absolute atomic E-state index is 10.6. The molecule has 1 saturated heterocycles. The van der Waals surface area contributed by atoms with E-state index in [1.54, 1.807) is 0 Å². The Morgan fingerprint density at radius 1 is 1.77 bits per heavy atom. The number of carbonyl (C=O) groups excluding carboxylic acids is 2. The first-order valence-electron chi connectivity index (χ1n) is 3.50. The second-order valence-corrected chi connectivity index (χ2v) is 2.15. The highest BCUT2D eigenvalue weighted by atomic mass is 16.8. The Kier molecular flexibility index (Phi) is 3.13. The smallest absolute Gasteiger partial charge is 0.430 e. The minimum absolute atomic E-state index is 0.0835. The molecule has 0 aromatic rings. The van der Waals surface area contributed by atoms with E-state index in [0.717, 1.165) is 6.26 Å². The Labute approximate surface area is 74.0 Å². The zero-order valence-electron chi connectivity index (χ0n) is 6.73. The molecule has 0 aliphatic carbocycles. The van der Waals surface area contributed by atoms with Crippen LogP contribution < -0.4 is 0 Å². The number of carbonyl (C=O) groups is 2. The van der Waals surface area contributed by atoms with Crippen LogP contribution in [0.5, 0.6) is 0 Å². The van der Waals surface area contributed by atoms with Crippen LogP contribution in [-0.2, 0) is 18.9 Å². The lowest BCUT2D eigenvalue weighted by atomic mass is 10.4. The second kappa shape index (κ2) is 4.34. The minimum atomic E-state index is -0.891. The van der Waals surface area contributed by atoms with Crippen LogP contribution in [-0.4, -0.2) is 31.6 Å². The summed E-state index contributed by atoms with van der Waals surface area (Å²) in [7, 11) is 0. The van der Waals surface area contributed by atoms with Crippen LogP contribution in [0.1, 0.15) is 0 Å². The van der Waals surface area contributed by atoms with Gasteiger partial charge in [0.2, 0.25) is 0 Å². The van der Waals surface area contributed by atoms with Crippen molar-refractivity contribution in [1.82, 2.24) is 0 Å². The maximum Gasteiger partial charge on any atom is 0.513 e. The van der Waals surface area contributed by atoms with Crippen molar-refractivity contribution in [3.63, 3.8) is 0 Å². The molecule has 0 saturated carbocycles. The van der Waals surface area contributed by atoms with E-state index in [4.69, 9.17) is 0 Å². The lowest BCUT2D eigenvalue weighted by molar-refractivity contribution is 0.0427. The molecule has 0 spiro atoms. The molecular formula is C7H8O6. The standard InChI is InChI=1S/C7H8O6/c1-2-10-6(8)11-3-5-4-12-7(9)13-5/h2,5H,1,3-4H2. The van der Waals surface area contributed by atoms with E-state index in [0.29, 0.717) is 0 Å². The van der Waals surface area contributed by atoms with Crippen LogP contribution >= 0.6 is 0 Å². The van der Waals surface area contributed by atoms with Gasteiger partial charge in [0.1, 0.15) is 13.2 Å². The van der Waals surface area contributed by atoms with E-state index in [1.807, 2.05) is 0 Å². The third-order valence-corrected chi connectivity index (χ3v) is 1.22. The molecule has 0 N–H and O–H groups in total. The molecule has 1 atom stereocenters. The van der Waals surface area contributed by atoms with Gasteiger partial charge in [0.25, 0.3) is 0 Å². The van der Waals surface area contributed by atoms with Gasteiger partial charge in [-0.2, -0.15) is 0 Å². The van der Waals surface area contributed by atoms with Crippen LogP contribution in [0, 0.1) is 0 Å². The largest absolute Gasteiger partial charge is 0.513 e. The lowest BCUT2D eigenvalue weighted by Crippen LogP contribution is -2.20. The minimum Gasteiger partial charge on any atom is -0.430 e. The monoisotopic (exact) mass is 188 g/mol. The van der Waals surface area contributed by atoms with Crippen molar-refractivity contribution in [2.75, 3.05) is 13.2 Å². The number of hydrogen-bond acceptors (Lipinski definition) is 6. The maximum atomic E-state index is 10.6. The third-order valence-electron chi connectivity index (χ3n) is 1.22. The van der Waals surface area contributed by atoms with Gasteiger partial charge < -0.3 is 18.9 Å². The molecule has 13 heavy (non-hydrogen) atoms. The fourth-order valence-corrected chi connectivity index (χ4v) is 0.710. The van der Waals surface area contributed by atoms with E-state index in [2.05, 4.69) is 25.5 Å². The summed E-state index contributed by atoms with van der Waals surface area (Å²) in [5.41, 5.74) is 0. The van der Waals surface area contributed by atoms with Gasteiger partial charge in [0.05, 0.1) is 6.26 Å². The zero-order chi connectivity index (χ0) is 9.68. The molecule has 1 unspecified atom stereocenters. The van der Waals surface area contributed by atoms with E-state index in [9.17, 15) is 9.59 Å². The fraction of sp³-hybridized carbons (Fsp3) is 0.429. The highest BCUT2D eigenvalue weighted by molar-refractivity contribution is 5.62. The van der Waals surface area contributed by atoms with Crippen molar-refractivity contribution in [3.05, 3.63) is 12.8 Å². The van der Waals surface area contributed by atoms with Gasteiger partial charge >= 0.3 is 12.3 Å². The van der Waals surface area contributed by atoms with Gasteiger partial charge in [-0.05, 0) is 0 Å². The van der Waals surface area contributed by atoms with Gasteiger partial charge in [-0.3, -0.25) is 0 Å². The summed E-state index contributed by atoms with van der Waals surface area (Å²) < 4.78 is 17.8. The first-order valence-corrected chi connectivity index (χ1v) is 3.50. The molecule has 1 aliphatic rings. The molecule has 0 amide bonds. The van der Waals surface area contributed by atoms with Gasteiger partial charge in [-0.1, -0.05) is 6.58 Å². The topological polar surface area (TPSA) is 71.1 Å². The average Bonchev–Trinajstić information content (AvgIpc) is 2.49. The quantitative estimate of drug-likeness (QED) is 0.482. The fourth-order valence-electron chi connectivity index (χ4n) is 0.710. The van der Waals surface area contributed by atoms with Crippen molar-refractivity contribution in [2.45, 2.75) is 6.10 Å². The molecule has 0 aromatic carbocycles. The first-order chi connectivity index (χ1) is 6.22. The van der Waals surface area contributed by atoms with Crippen molar-refractivity contribution in [3.8, 4) is 0 Å². The lowest BCUT2D eigenvalue weighted by Gasteiger charge is -2.05. The van der Waals surface area contributed by atoms with Crippen LogP contribution in [0.3, 0.4) is 0 Å². The van der Waals surface area contributed by atoms with Crippen LogP contribution in [0.4, 0.5) is 9.59 Å². The number of hydrogen-bond donors (Lipinski definition) is 0. The molecule has 0 bridgehead atoms. The van der Waals surface area contributed by atoms with Crippen LogP contribution in [0.2, 0.25) is 0 Å². The highest BCUT2D eigenvalue weighted by Gasteiger charge is 2.26. The Morgan fingerprint density at radius 2 is 2.54 bits per heavy atom.